The molecule has 2 rings (SSSR count). The van der Waals surface area contributed by atoms with Crippen LogP contribution in [-0.4, -0.2) is 25.0 Å². The Labute approximate surface area is 135 Å². The fourth-order valence-electron chi connectivity index (χ4n) is 2.72. The predicted molar refractivity (Wildman–Crippen MR) is 97.6 cm³/mol. The second-order valence-electron chi connectivity index (χ2n) is 5.01. The van der Waals surface area contributed by atoms with Crippen LogP contribution in [0.5, 0.6) is 0 Å². The fraction of sp³-hybridized carbons (Fsp3) is 0.222. The molecule has 2 heteroatoms. The Kier molecular flexibility index (Phi) is 7.32. The summed E-state index contributed by atoms with van der Waals surface area (Å²) in [5, 5.41) is 2.95. The third kappa shape index (κ3) is 3.65. The Morgan fingerprint density at radius 1 is 0.900 bits per heavy atom. The maximum atomic E-state index is 4.20. The van der Waals surface area contributed by atoms with E-state index < -0.39 is 7.26 Å². The van der Waals surface area contributed by atoms with E-state index in [4.69, 9.17) is 0 Å². The zero-order chi connectivity index (χ0) is 13.6. The van der Waals surface area contributed by atoms with Crippen LogP contribution >= 0.6 is 7.26 Å². The van der Waals surface area contributed by atoms with Crippen LogP contribution < -0.4 is 10.6 Å². The molecule has 0 unspecified atom stereocenters. The van der Waals surface area contributed by atoms with E-state index in [-0.39, 0.29) is 18.9 Å². The topological polar surface area (TPSA) is 0 Å². The van der Waals surface area contributed by atoms with Gasteiger partial charge in [-0.2, -0.15) is 0 Å². The summed E-state index contributed by atoms with van der Waals surface area (Å²) in [5.74, 6) is 2.26. The molecule has 0 aliphatic rings. The van der Waals surface area contributed by atoms with Gasteiger partial charge in [0.15, 0.2) is 0 Å². The molecule has 2 aromatic carbocycles. The van der Waals surface area contributed by atoms with Gasteiger partial charge < -0.3 is 0 Å². The number of benzene rings is 2. The van der Waals surface area contributed by atoms with Crippen molar-refractivity contribution in [2.75, 3.05) is 6.16 Å². The Morgan fingerprint density at radius 3 is 1.70 bits per heavy atom. The summed E-state index contributed by atoms with van der Waals surface area (Å²) in [6.07, 6.45) is 3.76. The average molecular weight is 278 g/mol. The van der Waals surface area contributed by atoms with Crippen molar-refractivity contribution < 1.29 is 0 Å². The molecule has 2 aromatic rings. The molecular formula is C18H24LiP. The van der Waals surface area contributed by atoms with Gasteiger partial charge >= 0.3 is 136 Å². The van der Waals surface area contributed by atoms with Crippen molar-refractivity contribution in [2.45, 2.75) is 19.8 Å². The number of unbranched alkanes of at least 4 members (excludes halogenated alkanes) is 1. The van der Waals surface area contributed by atoms with Crippen LogP contribution in [0.1, 0.15) is 19.8 Å². The Morgan fingerprint density at radius 2 is 1.35 bits per heavy atom. The van der Waals surface area contributed by atoms with Crippen LogP contribution in [0.15, 0.2) is 73.1 Å². The van der Waals surface area contributed by atoms with Crippen molar-refractivity contribution in [3.8, 4) is 0 Å². The Balaban J connectivity index is 0.00000200. The van der Waals surface area contributed by atoms with Crippen molar-refractivity contribution in [3.05, 3.63) is 73.1 Å². The molecule has 0 saturated carbocycles. The molecule has 0 spiro atoms. The molecule has 0 radical (unpaired) electrons. The van der Waals surface area contributed by atoms with E-state index >= 15 is 0 Å². The monoisotopic (exact) mass is 278 g/mol. The van der Waals surface area contributed by atoms with Crippen molar-refractivity contribution in [3.63, 3.8) is 0 Å². The van der Waals surface area contributed by atoms with Crippen LogP contribution in [-0.2, 0) is 0 Å². The van der Waals surface area contributed by atoms with E-state index in [1.165, 1.54) is 29.6 Å². The molecule has 0 aliphatic carbocycles. The van der Waals surface area contributed by atoms with Crippen molar-refractivity contribution >= 4 is 36.7 Å². The summed E-state index contributed by atoms with van der Waals surface area (Å²) in [7, 11) is -1.78. The van der Waals surface area contributed by atoms with Crippen molar-refractivity contribution in [2.24, 2.45) is 0 Å². The minimum atomic E-state index is -1.78. The molecule has 0 aliphatic heterocycles. The van der Waals surface area contributed by atoms with Crippen LogP contribution in [0, 0.1) is 0 Å². The molecule has 20 heavy (non-hydrogen) atoms. The summed E-state index contributed by atoms with van der Waals surface area (Å²) in [6.45, 7) is 6.46. The van der Waals surface area contributed by atoms with Gasteiger partial charge in [-0.1, -0.05) is 0 Å². The zero-order valence-electron chi connectivity index (χ0n) is 11.7. The van der Waals surface area contributed by atoms with Crippen LogP contribution in [0.2, 0.25) is 0 Å². The van der Waals surface area contributed by atoms with Crippen LogP contribution in [0.4, 0.5) is 0 Å². The first kappa shape index (κ1) is 17.3. The minimum absolute atomic E-state index is 0. The van der Waals surface area contributed by atoms with Gasteiger partial charge in [0.1, 0.15) is 0 Å². The summed E-state index contributed by atoms with van der Waals surface area (Å²) < 4.78 is 0. The number of hydrogen-bond donors (Lipinski definition) is 0. The molecular weight excluding hydrogens is 254 g/mol. The van der Waals surface area contributed by atoms with E-state index in [2.05, 4.69) is 80.0 Å². The van der Waals surface area contributed by atoms with Gasteiger partial charge in [0.25, 0.3) is 0 Å². The van der Waals surface area contributed by atoms with Gasteiger partial charge in [-0.3, -0.25) is 0 Å². The molecule has 0 N–H and O–H groups in total. The SMILES string of the molecule is C=C[PH](CCCC)(c1ccccc1)c1ccccc1.[LiH]. The molecule has 0 aromatic heterocycles. The van der Waals surface area contributed by atoms with Gasteiger partial charge in [0.05, 0.1) is 0 Å². The van der Waals surface area contributed by atoms with Gasteiger partial charge in [0.2, 0.25) is 0 Å². The number of hydrogen-bond acceptors (Lipinski definition) is 0. The average Bonchev–Trinajstić information content (AvgIpc) is 2.51. The first-order valence-corrected chi connectivity index (χ1v) is 9.36. The molecule has 0 atom stereocenters. The van der Waals surface area contributed by atoms with E-state index in [0.717, 1.165) is 0 Å². The van der Waals surface area contributed by atoms with Crippen molar-refractivity contribution in [1.82, 2.24) is 0 Å². The van der Waals surface area contributed by atoms with Gasteiger partial charge in [-0.05, 0) is 0 Å². The quantitative estimate of drug-likeness (QED) is 0.558. The van der Waals surface area contributed by atoms with Gasteiger partial charge in [0, 0.05) is 0 Å². The summed E-state index contributed by atoms with van der Waals surface area (Å²) in [6, 6.07) is 21.9. The Bertz CT molecular complexity index is 468. The summed E-state index contributed by atoms with van der Waals surface area (Å²) >= 11 is 0. The molecule has 0 amide bonds. The predicted octanol–water partition coefficient (Wildman–Crippen LogP) is 3.68. The first-order valence-electron chi connectivity index (χ1n) is 7.08. The van der Waals surface area contributed by atoms with E-state index in [1.807, 2.05) is 0 Å². The molecule has 0 bridgehead atoms. The molecule has 102 valence electrons. The first-order chi connectivity index (χ1) is 9.33. The molecule has 0 nitrogen and oxygen atoms in total. The van der Waals surface area contributed by atoms with Crippen LogP contribution in [0.25, 0.3) is 0 Å². The normalized spacial score (nSPS) is 11.4. The summed E-state index contributed by atoms with van der Waals surface area (Å²) in [4.78, 5) is 0. The third-order valence-corrected chi connectivity index (χ3v) is 8.42. The molecule has 0 heterocycles. The van der Waals surface area contributed by atoms with Crippen molar-refractivity contribution in [1.29, 1.82) is 0 Å². The second kappa shape index (κ2) is 8.48. The fourth-order valence-corrected chi connectivity index (χ4v) is 6.79. The standard InChI is InChI=1S/C18H23P.Li.H/c1-3-5-16-19(4-2,17-12-8-6-9-13-17)18-14-10-7-11-15-18;;/h4,6-15,19H,2-3,5,16H2,1H3;;. The second-order valence-corrected chi connectivity index (χ2v) is 9.02. The number of rotatable bonds is 6. The van der Waals surface area contributed by atoms with Gasteiger partial charge in [-0.15, -0.1) is 0 Å². The molecule has 0 fully saturated rings. The Hall–Kier alpha value is -0.793. The van der Waals surface area contributed by atoms with E-state index in [0.29, 0.717) is 0 Å². The van der Waals surface area contributed by atoms with Crippen LogP contribution in [0.3, 0.4) is 0 Å². The van der Waals surface area contributed by atoms with E-state index in [1.54, 1.807) is 0 Å². The maximum absolute atomic E-state index is 4.20. The third-order valence-electron chi connectivity index (χ3n) is 3.85. The van der Waals surface area contributed by atoms with Gasteiger partial charge in [-0.25, -0.2) is 0 Å². The summed E-state index contributed by atoms with van der Waals surface area (Å²) in [5.41, 5.74) is 0. The van der Waals surface area contributed by atoms with E-state index in [9.17, 15) is 0 Å². The zero-order valence-corrected chi connectivity index (χ0v) is 12.7. The molecule has 0 saturated heterocycles.